The molecule has 1 aliphatic heterocycles. The maximum atomic E-state index is 12.1. The Bertz CT molecular complexity index is 834. The highest BCUT2D eigenvalue weighted by atomic mass is 16.5. The van der Waals surface area contributed by atoms with Gasteiger partial charge in [-0.05, 0) is 36.6 Å². The van der Waals surface area contributed by atoms with E-state index in [0.29, 0.717) is 30.0 Å². The molecule has 0 unspecified atom stereocenters. The first-order valence-corrected chi connectivity index (χ1v) is 8.72. The molecule has 0 aliphatic carbocycles. The van der Waals surface area contributed by atoms with Crippen molar-refractivity contribution in [1.29, 1.82) is 0 Å². The minimum absolute atomic E-state index is 0.338. The molecule has 0 atom stereocenters. The number of esters is 1. The van der Waals surface area contributed by atoms with E-state index in [1.54, 1.807) is 20.3 Å². The summed E-state index contributed by atoms with van der Waals surface area (Å²) in [7, 11) is 4.59. The maximum Gasteiger partial charge on any atom is 0.333 e. The quantitative estimate of drug-likeness (QED) is 0.750. The molecule has 0 spiro atoms. The summed E-state index contributed by atoms with van der Waals surface area (Å²) >= 11 is 0. The van der Waals surface area contributed by atoms with Gasteiger partial charge < -0.3 is 19.1 Å². The summed E-state index contributed by atoms with van der Waals surface area (Å²) in [6.45, 7) is 1.42. The van der Waals surface area contributed by atoms with Crippen molar-refractivity contribution in [3.8, 4) is 11.6 Å². The molecule has 2 aromatic rings. The van der Waals surface area contributed by atoms with Crippen LogP contribution in [-0.2, 0) is 16.1 Å². The lowest BCUT2D eigenvalue weighted by Crippen LogP contribution is -2.27. The molecule has 142 valence electrons. The molecule has 7 heteroatoms. The van der Waals surface area contributed by atoms with Gasteiger partial charge in [-0.25, -0.2) is 14.8 Å². The predicted molar refractivity (Wildman–Crippen MR) is 102 cm³/mol. The average Bonchev–Trinajstić information content (AvgIpc) is 2.70. The molecule has 0 amide bonds. The van der Waals surface area contributed by atoms with Gasteiger partial charge in [0.05, 0.1) is 26.9 Å². The van der Waals surface area contributed by atoms with E-state index >= 15 is 0 Å². The molecule has 2 heterocycles. The van der Waals surface area contributed by atoms with E-state index in [1.807, 2.05) is 24.3 Å². The van der Waals surface area contributed by atoms with E-state index in [-0.39, 0.29) is 5.97 Å². The Labute approximate surface area is 158 Å². The number of methoxy groups -OCH3 is 3. The third-order valence-electron chi connectivity index (χ3n) is 4.49. The van der Waals surface area contributed by atoms with Crippen LogP contribution in [0.4, 0.5) is 5.82 Å². The molecule has 0 saturated heterocycles. The van der Waals surface area contributed by atoms with Gasteiger partial charge >= 0.3 is 5.97 Å². The summed E-state index contributed by atoms with van der Waals surface area (Å²) in [6.07, 6.45) is 4.68. The Kier molecular flexibility index (Phi) is 5.90. The Morgan fingerprint density at radius 1 is 1.11 bits per heavy atom. The molecular formula is C20H23N3O4. The fraction of sp³-hybridized carbons (Fsp3) is 0.350. The lowest BCUT2D eigenvalue weighted by atomic mass is 10.0. The molecule has 7 nitrogen and oxygen atoms in total. The molecule has 1 aromatic carbocycles. The van der Waals surface area contributed by atoms with E-state index < -0.39 is 0 Å². The van der Waals surface area contributed by atoms with Crippen LogP contribution in [0.2, 0.25) is 0 Å². The zero-order valence-electron chi connectivity index (χ0n) is 15.8. The fourth-order valence-corrected chi connectivity index (χ4v) is 3.12. The van der Waals surface area contributed by atoms with E-state index in [4.69, 9.17) is 14.2 Å². The second-order valence-electron chi connectivity index (χ2n) is 6.15. The highest BCUT2D eigenvalue weighted by Crippen LogP contribution is 2.32. The summed E-state index contributed by atoms with van der Waals surface area (Å²) in [5, 5.41) is 0. The molecule has 0 radical (unpaired) electrons. The number of nitrogens with zero attached hydrogens (tertiary/aromatic N) is 3. The van der Waals surface area contributed by atoms with E-state index in [9.17, 15) is 4.79 Å². The molecule has 0 bridgehead atoms. The number of fused-ring (bicyclic) bond motifs is 1. The molecule has 0 fully saturated rings. The van der Waals surface area contributed by atoms with Crippen LogP contribution in [0.1, 0.15) is 24.0 Å². The Morgan fingerprint density at radius 3 is 2.56 bits per heavy atom. The van der Waals surface area contributed by atoms with E-state index in [0.717, 1.165) is 30.1 Å². The van der Waals surface area contributed by atoms with Crippen LogP contribution >= 0.6 is 0 Å². The maximum absolute atomic E-state index is 12.1. The van der Waals surface area contributed by atoms with Crippen LogP contribution in [0.5, 0.6) is 11.6 Å². The minimum Gasteiger partial charge on any atom is -0.497 e. The van der Waals surface area contributed by atoms with Crippen molar-refractivity contribution in [3.63, 3.8) is 0 Å². The van der Waals surface area contributed by atoms with Crippen molar-refractivity contribution in [2.45, 2.75) is 19.4 Å². The van der Waals surface area contributed by atoms with E-state index in [2.05, 4.69) is 14.9 Å². The SMILES string of the molecule is COC(=O)C1=Cc2c(OC)ncnc2N(Cc2ccc(OC)cc2)CCC1. The van der Waals surface area contributed by atoms with Gasteiger partial charge in [-0.15, -0.1) is 0 Å². The lowest BCUT2D eigenvalue weighted by Gasteiger charge is -2.27. The number of carbonyl (C=O) groups excluding carboxylic acids is 1. The predicted octanol–water partition coefficient (Wildman–Crippen LogP) is 2.85. The molecule has 3 rings (SSSR count). The smallest absolute Gasteiger partial charge is 0.333 e. The Balaban J connectivity index is 1.99. The van der Waals surface area contributed by atoms with Crippen LogP contribution in [-0.4, -0.2) is 43.8 Å². The summed E-state index contributed by atoms with van der Waals surface area (Å²) in [5.41, 5.74) is 2.42. The van der Waals surface area contributed by atoms with Crippen LogP contribution in [0.15, 0.2) is 36.2 Å². The largest absolute Gasteiger partial charge is 0.497 e. The number of hydrogen-bond acceptors (Lipinski definition) is 7. The van der Waals surface area contributed by atoms with Crippen molar-refractivity contribution in [2.24, 2.45) is 0 Å². The third-order valence-corrected chi connectivity index (χ3v) is 4.49. The van der Waals surface area contributed by atoms with Gasteiger partial charge in [-0.2, -0.15) is 0 Å². The molecule has 1 aliphatic rings. The number of hydrogen-bond donors (Lipinski definition) is 0. The van der Waals surface area contributed by atoms with Gasteiger partial charge in [-0.3, -0.25) is 0 Å². The fourth-order valence-electron chi connectivity index (χ4n) is 3.12. The van der Waals surface area contributed by atoms with E-state index in [1.165, 1.54) is 13.4 Å². The zero-order valence-corrected chi connectivity index (χ0v) is 15.8. The van der Waals surface area contributed by atoms with Crippen LogP contribution < -0.4 is 14.4 Å². The van der Waals surface area contributed by atoms with Crippen LogP contribution in [0.3, 0.4) is 0 Å². The third kappa shape index (κ3) is 4.19. The second-order valence-corrected chi connectivity index (χ2v) is 6.15. The Hall–Kier alpha value is -3.09. The molecule has 0 saturated carbocycles. The van der Waals surface area contributed by atoms with Crippen LogP contribution in [0, 0.1) is 0 Å². The summed E-state index contributed by atoms with van der Waals surface area (Å²) in [5.74, 6) is 1.65. The normalized spacial score (nSPS) is 13.7. The number of carbonyl (C=O) groups is 1. The number of aromatic nitrogens is 2. The minimum atomic E-state index is -0.338. The number of benzene rings is 1. The number of anilines is 1. The first-order valence-electron chi connectivity index (χ1n) is 8.72. The van der Waals surface area contributed by atoms with Gasteiger partial charge in [0.15, 0.2) is 0 Å². The second kappa shape index (κ2) is 8.53. The highest BCUT2D eigenvalue weighted by Gasteiger charge is 2.22. The number of rotatable bonds is 5. The van der Waals surface area contributed by atoms with Gasteiger partial charge in [-0.1, -0.05) is 12.1 Å². The molecule has 27 heavy (non-hydrogen) atoms. The van der Waals surface area contributed by atoms with Crippen molar-refractivity contribution in [2.75, 3.05) is 32.8 Å². The van der Waals surface area contributed by atoms with Crippen molar-refractivity contribution in [1.82, 2.24) is 9.97 Å². The number of ether oxygens (including phenoxy) is 3. The van der Waals surface area contributed by atoms with Gasteiger partial charge in [0.2, 0.25) is 5.88 Å². The van der Waals surface area contributed by atoms with Crippen molar-refractivity contribution in [3.05, 3.63) is 47.3 Å². The molecule has 1 aromatic heterocycles. The standard InChI is InChI=1S/C20H23N3O4/c1-25-16-8-6-14(7-9-16)12-23-10-4-5-15(20(24)27-3)11-17-18(23)21-13-22-19(17)26-2/h6-9,11,13H,4-5,10,12H2,1-3H3. The summed E-state index contributed by atoms with van der Waals surface area (Å²) in [6, 6.07) is 7.95. The Morgan fingerprint density at radius 2 is 1.89 bits per heavy atom. The first kappa shape index (κ1) is 18.7. The van der Waals surface area contributed by atoms with Crippen molar-refractivity contribution >= 4 is 17.9 Å². The molecule has 0 N–H and O–H groups in total. The first-order chi connectivity index (χ1) is 13.2. The summed E-state index contributed by atoms with van der Waals surface area (Å²) in [4.78, 5) is 22.9. The van der Waals surface area contributed by atoms with Gasteiger partial charge in [0.25, 0.3) is 0 Å². The lowest BCUT2D eigenvalue weighted by molar-refractivity contribution is -0.136. The van der Waals surface area contributed by atoms with Crippen molar-refractivity contribution < 1.29 is 19.0 Å². The zero-order chi connectivity index (χ0) is 19.2. The monoisotopic (exact) mass is 369 g/mol. The highest BCUT2D eigenvalue weighted by molar-refractivity contribution is 5.95. The summed E-state index contributed by atoms with van der Waals surface area (Å²) < 4.78 is 15.5. The van der Waals surface area contributed by atoms with Gasteiger partial charge in [0.1, 0.15) is 17.9 Å². The topological polar surface area (TPSA) is 73.8 Å². The molecular weight excluding hydrogens is 346 g/mol. The van der Waals surface area contributed by atoms with Gasteiger partial charge in [0, 0.05) is 18.7 Å². The average molecular weight is 369 g/mol. The van der Waals surface area contributed by atoms with Crippen LogP contribution in [0.25, 0.3) is 6.08 Å².